The Labute approximate surface area is 205 Å². The van der Waals surface area contributed by atoms with Gasteiger partial charge in [0.15, 0.2) is 17.3 Å². The van der Waals surface area contributed by atoms with Gasteiger partial charge in [-0.2, -0.15) is 0 Å². The molecule has 1 unspecified atom stereocenters. The molecule has 1 aliphatic heterocycles. The lowest BCUT2D eigenvalue weighted by Gasteiger charge is -2.37. The molecule has 2 aliphatic rings. The second-order valence-electron chi connectivity index (χ2n) is 8.71. The molecule has 0 amide bonds. The van der Waals surface area contributed by atoms with Crippen LogP contribution in [0.1, 0.15) is 49.7 Å². The van der Waals surface area contributed by atoms with Crippen molar-refractivity contribution in [3.63, 3.8) is 0 Å². The van der Waals surface area contributed by atoms with Crippen LogP contribution in [0.25, 0.3) is 0 Å². The van der Waals surface area contributed by atoms with Crippen molar-refractivity contribution < 1.29 is 28.5 Å². The summed E-state index contributed by atoms with van der Waals surface area (Å²) in [5.74, 6) is 0.216. The Kier molecular flexibility index (Phi) is 7.24. The number of aliphatic imine (C=N–C) groups is 1. The molecule has 7 nitrogen and oxygen atoms in total. The highest BCUT2D eigenvalue weighted by Crippen LogP contribution is 2.49. The normalized spacial score (nSPS) is 21.7. The van der Waals surface area contributed by atoms with Crippen molar-refractivity contribution >= 4 is 17.5 Å². The number of carbonyl (C=O) groups excluding carboxylic acids is 2. The van der Waals surface area contributed by atoms with Crippen molar-refractivity contribution in [1.82, 2.24) is 0 Å². The van der Waals surface area contributed by atoms with Crippen LogP contribution in [-0.2, 0) is 14.3 Å². The van der Waals surface area contributed by atoms with Gasteiger partial charge < -0.3 is 18.9 Å². The Morgan fingerprint density at radius 1 is 0.971 bits per heavy atom. The molecule has 0 aromatic heterocycles. The molecule has 0 N–H and O–H groups in total. The Bertz CT molecular complexity index is 1200. The average molecular weight is 478 g/mol. The molecule has 2 aromatic rings. The molecular formula is C28H31NO6. The van der Waals surface area contributed by atoms with Crippen molar-refractivity contribution in [2.45, 2.75) is 38.5 Å². The lowest BCUT2D eigenvalue weighted by molar-refractivity contribution is -0.146. The first-order chi connectivity index (χ1) is 16.9. The first-order valence-corrected chi connectivity index (χ1v) is 11.8. The van der Waals surface area contributed by atoms with E-state index in [-0.39, 0.29) is 24.3 Å². The molecule has 1 aliphatic carbocycles. The summed E-state index contributed by atoms with van der Waals surface area (Å²) in [6.07, 6.45) is 0.888. The van der Waals surface area contributed by atoms with Crippen LogP contribution in [0, 0.1) is 5.92 Å². The predicted octanol–water partition coefficient (Wildman–Crippen LogP) is 4.85. The van der Waals surface area contributed by atoms with Gasteiger partial charge in [0.2, 0.25) is 0 Å². The van der Waals surface area contributed by atoms with E-state index in [2.05, 4.69) is 0 Å². The highest BCUT2D eigenvalue weighted by molar-refractivity contribution is 6.09. The molecule has 2 aromatic carbocycles. The monoisotopic (exact) mass is 477 g/mol. The molecule has 0 saturated heterocycles. The molecular weight excluding hydrogens is 446 g/mol. The highest BCUT2D eigenvalue weighted by Gasteiger charge is 2.45. The van der Waals surface area contributed by atoms with E-state index < -0.39 is 11.8 Å². The number of para-hydroxylation sites is 1. The van der Waals surface area contributed by atoms with E-state index in [0.717, 1.165) is 16.8 Å². The van der Waals surface area contributed by atoms with Crippen molar-refractivity contribution in [2.24, 2.45) is 10.9 Å². The second kappa shape index (κ2) is 10.3. The zero-order chi connectivity index (χ0) is 25.1. The maximum Gasteiger partial charge on any atom is 0.315 e. The van der Waals surface area contributed by atoms with E-state index in [9.17, 15) is 9.59 Å². The van der Waals surface area contributed by atoms with Crippen molar-refractivity contribution in [3.8, 4) is 17.2 Å². The number of Topliss-reactive ketones (excluding diaryl/α,β-unsaturated/α-hetero) is 1. The molecule has 35 heavy (non-hydrogen) atoms. The van der Waals surface area contributed by atoms with Crippen LogP contribution in [0.15, 0.2) is 58.7 Å². The van der Waals surface area contributed by atoms with E-state index in [1.807, 2.05) is 49.4 Å². The fourth-order valence-electron chi connectivity index (χ4n) is 5.20. The number of nitrogens with zero attached hydrogens (tertiary/aromatic N) is 1. The van der Waals surface area contributed by atoms with E-state index >= 15 is 0 Å². The molecule has 184 valence electrons. The van der Waals surface area contributed by atoms with Crippen molar-refractivity contribution in [2.75, 3.05) is 27.9 Å². The third kappa shape index (κ3) is 4.55. The summed E-state index contributed by atoms with van der Waals surface area (Å²) in [6, 6.07) is 13.2. The molecule has 7 heteroatoms. The summed E-state index contributed by atoms with van der Waals surface area (Å²) in [5, 5.41) is 0. The minimum Gasteiger partial charge on any atom is -0.496 e. The van der Waals surface area contributed by atoms with Crippen LogP contribution < -0.4 is 14.2 Å². The lowest BCUT2D eigenvalue weighted by atomic mass is 9.69. The highest BCUT2D eigenvalue weighted by atomic mass is 16.5. The summed E-state index contributed by atoms with van der Waals surface area (Å²) in [5.41, 5.74) is 3.70. The number of hydrogen-bond acceptors (Lipinski definition) is 7. The number of rotatable bonds is 7. The number of esters is 1. The summed E-state index contributed by atoms with van der Waals surface area (Å²) >= 11 is 0. The average Bonchev–Trinajstić information content (AvgIpc) is 2.87. The van der Waals surface area contributed by atoms with Gasteiger partial charge >= 0.3 is 5.97 Å². The minimum absolute atomic E-state index is 0.0208. The minimum atomic E-state index is -0.688. The van der Waals surface area contributed by atoms with Gasteiger partial charge in [0.25, 0.3) is 0 Å². The smallest absolute Gasteiger partial charge is 0.315 e. The van der Waals surface area contributed by atoms with Crippen LogP contribution in [0.3, 0.4) is 0 Å². The predicted molar refractivity (Wildman–Crippen MR) is 133 cm³/mol. The first kappa shape index (κ1) is 24.5. The number of allylic oxidation sites excluding steroid dienone is 2. The van der Waals surface area contributed by atoms with E-state index in [1.165, 1.54) is 0 Å². The zero-order valence-corrected chi connectivity index (χ0v) is 20.8. The van der Waals surface area contributed by atoms with Gasteiger partial charge in [0, 0.05) is 34.9 Å². The number of ketones is 1. The third-order valence-electron chi connectivity index (χ3n) is 6.78. The van der Waals surface area contributed by atoms with Crippen LogP contribution in [-0.4, -0.2) is 45.4 Å². The zero-order valence-electron chi connectivity index (χ0n) is 20.8. The van der Waals surface area contributed by atoms with Crippen molar-refractivity contribution in [3.05, 3.63) is 64.9 Å². The summed E-state index contributed by atoms with van der Waals surface area (Å²) in [7, 11) is 4.78. The number of ether oxygens (including phenoxy) is 4. The quantitative estimate of drug-likeness (QED) is 0.530. The van der Waals surface area contributed by atoms with Gasteiger partial charge in [-0.3, -0.25) is 14.6 Å². The van der Waals surface area contributed by atoms with E-state index in [1.54, 1.807) is 28.3 Å². The lowest BCUT2D eigenvalue weighted by Crippen LogP contribution is -2.38. The van der Waals surface area contributed by atoms with Gasteiger partial charge in [0.05, 0.1) is 27.9 Å². The summed E-state index contributed by atoms with van der Waals surface area (Å²) < 4.78 is 21.9. The Morgan fingerprint density at radius 2 is 1.69 bits per heavy atom. The topological polar surface area (TPSA) is 83.4 Å². The second-order valence-corrected chi connectivity index (χ2v) is 8.71. The standard InChI is InChI=1S/C28H31NO6/c1-6-35-28(31)25-16(2)29-20-13-18(17-11-12-23(33-4)24(15-17)34-5)14-21(30)27(20)26(25)19-9-7-8-10-22(19)32-3/h7-12,15,18,25-26H,6,13-14H2,1-5H3/t18-,25?,26-/m0/s1. The molecule has 0 saturated carbocycles. The van der Waals surface area contributed by atoms with E-state index in [4.69, 9.17) is 23.9 Å². The number of carbonyl (C=O) groups is 2. The molecule has 4 rings (SSSR count). The number of methoxy groups -OCH3 is 3. The Balaban J connectivity index is 1.81. The summed E-state index contributed by atoms with van der Waals surface area (Å²) in [4.78, 5) is 31.6. The number of benzene rings is 2. The van der Waals surface area contributed by atoms with Gasteiger partial charge in [0.1, 0.15) is 11.7 Å². The molecule has 1 heterocycles. The largest absolute Gasteiger partial charge is 0.496 e. The van der Waals surface area contributed by atoms with Gasteiger partial charge in [-0.1, -0.05) is 24.3 Å². The maximum absolute atomic E-state index is 13.7. The Morgan fingerprint density at radius 3 is 2.37 bits per heavy atom. The van der Waals surface area contributed by atoms with Gasteiger partial charge in [-0.25, -0.2) is 0 Å². The summed E-state index contributed by atoms with van der Waals surface area (Å²) in [6.45, 7) is 3.86. The number of hydrogen-bond donors (Lipinski definition) is 0. The van der Waals surface area contributed by atoms with Crippen LogP contribution in [0.5, 0.6) is 17.2 Å². The van der Waals surface area contributed by atoms with Crippen molar-refractivity contribution in [1.29, 1.82) is 0 Å². The fourth-order valence-corrected chi connectivity index (χ4v) is 5.20. The maximum atomic E-state index is 13.7. The van der Waals surface area contributed by atoms with Gasteiger partial charge in [-0.05, 0) is 49.9 Å². The molecule has 0 radical (unpaired) electrons. The molecule has 0 spiro atoms. The first-order valence-electron chi connectivity index (χ1n) is 11.8. The SMILES string of the molecule is CCOC(=O)C1C(C)=NC2=C(C(=O)C[C@@H](c3ccc(OC)c(OC)c3)C2)[C@H]1c1ccccc1OC. The molecule has 3 atom stereocenters. The Hall–Kier alpha value is -3.61. The van der Waals surface area contributed by atoms with E-state index in [0.29, 0.717) is 41.4 Å². The van der Waals surface area contributed by atoms with Crippen LogP contribution in [0.4, 0.5) is 0 Å². The fraction of sp³-hybridized carbons (Fsp3) is 0.393. The van der Waals surface area contributed by atoms with Crippen LogP contribution >= 0.6 is 0 Å². The molecule has 0 fully saturated rings. The van der Waals surface area contributed by atoms with Crippen LogP contribution in [0.2, 0.25) is 0 Å². The molecule has 0 bridgehead atoms. The third-order valence-corrected chi connectivity index (χ3v) is 6.78. The van der Waals surface area contributed by atoms with Gasteiger partial charge in [-0.15, -0.1) is 0 Å².